The molecule has 1 amide bonds. The molecule has 0 rings (SSSR count). The van der Waals surface area contributed by atoms with Crippen LogP contribution in [0.2, 0.25) is 0 Å². The summed E-state index contributed by atoms with van der Waals surface area (Å²) in [7, 11) is 0. The van der Waals surface area contributed by atoms with Gasteiger partial charge in [0.2, 0.25) is 0 Å². The molecule has 0 aromatic heterocycles. The summed E-state index contributed by atoms with van der Waals surface area (Å²) in [4.78, 5) is 11.1. The molecule has 0 saturated heterocycles. The first-order valence-electron chi connectivity index (χ1n) is 4.94. The van der Waals surface area contributed by atoms with Crippen LogP contribution in [0.25, 0.3) is 0 Å². The van der Waals surface area contributed by atoms with Crippen molar-refractivity contribution in [3.05, 3.63) is 0 Å². The van der Waals surface area contributed by atoms with E-state index in [9.17, 15) is 4.79 Å². The minimum Gasteiger partial charge on any atom is -0.444 e. The summed E-state index contributed by atoms with van der Waals surface area (Å²) in [6, 6.07) is 0. The molecule has 1 unspecified atom stereocenters. The van der Waals surface area contributed by atoms with Gasteiger partial charge in [-0.25, -0.2) is 4.79 Å². The lowest BCUT2D eigenvalue weighted by Gasteiger charge is -2.19. The maximum atomic E-state index is 11.1. The first-order chi connectivity index (χ1) is 6.85. The molecule has 5 nitrogen and oxygen atoms in total. The van der Waals surface area contributed by atoms with E-state index in [-0.39, 0.29) is 6.10 Å². The number of rotatable bonds is 5. The zero-order chi connectivity index (χ0) is 11.9. The molecule has 0 aliphatic carbocycles. The standard InChI is InChI=1S/C10H20N2O3/c1-8(7-11)14-6-5-12-9(13)15-10(2,3)4/h7-8,11H,5-6H2,1-4H3,(H,12,13). The highest BCUT2D eigenvalue weighted by molar-refractivity contribution is 5.67. The predicted molar refractivity (Wildman–Crippen MR) is 58.4 cm³/mol. The van der Waals surface area contributed by atoms with Gasteiger partial charge in [-0.05, 0) is 27.7 Å². The van der Waals surface area contributed by atoms with Crippen molar-refractivity contribution in [3.63, 3.8) is 0 Å². The molecule has 0 heterocycles. The van der Waals surface area contributed by atoms with E-state index in [1.54, 1.807) is 27.7 Å². The van der Waals surface area contributed by atoms with Crippen LogP contribution in [0.1, 0.15) is 27.7 Å². The van der Waals surface area contributed by atoms with Crippen molar-refractivity contribution in [1.82, 2.24) is 5.32 Å². The highest BCUT2D eigenvalue weighted by Crippen LogP contribution is 2.05. The zero-order valence-corrected chi connectivity index (χ0v) is 9.79. The van der Waals surface area contributed by atoms with Gasteiger partial charge in [0.25, 0.3) is 0 Å². The van der Waals surface area contributed by atoms with Crippen LogP contribution in [-0.2, 0) is 9.47 Å². The Morgan fingerprint density at radius 3 is 2.60 bits per heavy atom. The Morgan fingerprint density at radius 1 is 1.53 bits per heavy atom. The first-order valence-corrected chi connectivity index (χ1v) is 4.94. The van der Waals surface area contributed by atoms with Crippen molar-refractivity contribution in [3.8, 4) is 0 Å². The molecule has 5 heteroatoms. The van der Waals surface area contributed by atoms with Gasteiger partial charge in [0.15, 0.2) is 0 Å². The third-order valence-electron chi connectivity index (χ3n) is 1.39. The highest BCUT2D eigenvalue weighted by atomic mass is 16.6. The molecule has 0 radical (unpaired) electrons. The van der Waals surface area contributed by atoms with Crippen LogP contribution in [-0.4, -0.2) is 37.2 Å². The third-order valence-corrected chi connectivity index (χ3v) is 1.39. The van der Waals surface area contributed by atoms with Gasteiger partial charge in [0.05, 0.1) is 12.7 Å². The van der Waals surface area contributed by atoms with E-state index in [4.69, 9.17) is 14.9 Å². The summed E-state index contributed by atoms with van der Waals surface area (Å²) in [5, 5.41) is 9.44. The molecule has 1 atom stereocenters. The lowest BCUT2D eigenvalue weighted by atomic mass is 10.2. The average molecular weight is 216 g/mol. The second-order valence-corrected chi connectivity index (χ2v) is 4.17. The summed E-state index contributed by atoms with van der Waals surface area (Å²) in [5.41, 5.74) is -0.479. The van der Waals surface area contributed by atoms with Gasteiger partial charge in [-0.2, -0.15) is 0 Å². The van der Waals surface area contributed by atoms with Crippen LogP contribution in [0.3, 0.4) is 0 Å². The molecule has 0 fully saturated rings. The molecule has 0 saturated carbocycles. The SMILES string of the molecule is CC(C=N)OCCNC(=O)OC(C)(C)C. The van der Waals surface area contributed by atoms with E-state index in [0.29, 0.717) is 13.2 Å². The summed E-state index contributed by atoms with van der Waals surface area (Å²) in [6.45, 7) is 7.93. The molecule has 0 bridgehead atoms. The molecule has 0 aliphatic heterocycles. The topological polar surface area (TPSA) is 71.4 Å². The monoisotopic (exact) mass is 216 g/mol. The molecule has 0 spiro atoms. The van der Waals surface area contributed by atoms with Crippen molar-refractivity contribution < 1.29 is 14.3 Å². The molecule has 88 valence electrons. The average Bonchev–Trinajstić information content (AvgIpc) is 2.09. The predicted octanol–water partition coefficient (Wildman–Crippen LogP) is 1.57. The lowest BCUT2D eigenvalue weighted by Crippen LogP contribution is -2.34. The number of carbonyl (C=O) groups excluding carboxylic acids is 1. The van der Waals surface area contributed by atoms with E-state index < -0.39 is 11.7 Å². The number of ether oxygens (including phenoxy) is 2. The van der Waals surface area contributed by atoms with Crippen molar-refractivity contribution in [2.24, 2.45) is 0 Å². The Morgan fingerprint density at radius 2 is 2.13 bits per heavy atom. The van der Waals surface area contributed by atoms with Crippen LogP contribution in [0.5, 0.6) is 0 Å². The van der Waals surface area contributed by atoms with Gasteiger partial charge in [0.1, 0.15) is 5.60 Å². The molecule has 15 heavy (non-hydrogen) atoms. The van der Waals surface area contributed by atoms with Crippen LogP contribution in [0.4, 0.5) is 4.79 Å². The summed E-state index contributed by atoms with van der Waals surface area (Å²) in [5.74, 6) is 0. The smallest absolute Gasteiger partial charge is 0.407 e. The quantitative estimate of drug-likeness (QED) is 0.541. The Balaban J connectivity index is 3.52. The van der Waals surface area contributed by atoms with E-state index in [1.807, 2.05) is 0 Å². The van der Waals surface area contributed by atoms with Crippen LogP contribution >= 0.6 is 0 Å². The van der Waals surface area contributed by atoms with E-state index in [2.05, 4.69) is 5.32 Å². The number of hydrogen-bond acceptors (Lipinski definition) is 4. The van der Waals surface area contributed by atoms with Crippen molar-refractivity contribution >= 4 is 12.3 Å². The Labute approximate surface area is 90.6 Å². The maximum absolute atomic E-state index is 11.1. The van der Waals surface area contributed by atoms with Gasteiger partial charge >= 0.3 is 6.09 Å². The fourth-order valence-electron chi connectivity index (χ4n) is 0.760. The molecular weight excluding hydrogens is 196 g/mol. The Hall–Kier alpha value is -1.10. The van der Waals surface area contributed by atoms with Crippen LogP contribution < -0.4 is 5.32 Å². The van der Waals surface area contributed by atoms with E-state index in [1.165, 1.54) is 6.21 Å². The number of amides is 1. The number of alkyl carbamates (subject to hydrolysis) is 1. The molecule has 2 N–H and O–H groups in total. The first kappa shape index (κ1) is 13.9. The summed E-state index contributed by atoms with van der Waals surface area (Å²) in [6.07, 6.45) is 0.534. The number of nitrogens with one attached hydrogen (secondary N) is 2. The fourth-order valence-corrected chi connectivity index (χ4v) is 0.760. The van der Waals surface area contributed by atoms with Gasteiger partial charge in [0, 0.05) is 12.8 Å². The summed E-state index contributed by atoms with van der Waals surface area (Å²) < 4.78 is 10.2. The normalized spacial score (nSPS) is 13.1. The Kier molecular flexibility index (Phi) is 5.93. The van der Waals surface area contributed by atoms with Gasteiger partial charge in [-0.15, -0.1) is 0 Å². The third kappa shape index (κ3) is 9.21. The minimum absolute atomic E-state index is 0.217. The fraction of sp³-hybridized carbons (Fsp3) is 0.800. The van der Waals surface area contributed by atoms with Crippen molar-refractivity contribution in [2.75, 3.05) is 13.2 Å². The largest absolute Gasteiger partial charge is 0.444 e. The molecule has 0 aliphatic rings. The second kappa shape index (κ2) is 6.40. The maximum Gasteiger partial charge on any atom is 0.407 e. The van der Waals surface area contributed by atoms with Gasteiger partial charge < -0.3 is 20.2 Å². The van der Waals surface area contributed by atoms with Gasteiger partial charge in [-0.3, -0.25) is 0 Å². The van der Waals surface area contributed by atoms with Crippen LogP contribution in [0.15, 0.2) is 0 Å². The number of hydrogen-bond donors (Lipinski definition) is 2. The molecular formula is C10H20N2O3. The Bertz CT molecular complexity index is 211. The highest BCUT2D eigenvalue weighted by Gasteiger charge is 2.15. The second-order valence-electron chi connectivity index (χ2n) is 4.17. The van der Waals surface area contributed by atoms with Crippen LogP contribution in [0, 0.1) is 5.41 Å². The van der Waals surface area contributed by atoms with Crippen molar-refractivity contribution in [2.45, 2.75) is 39.4 Å². The van der Waals surface area contributed by atoms with E-state index >= 15 is 0 Å². The molecule has 0 aromatic carbocycles. The lowest BCUT2D eigenvalue weighted by molar-refractivity contribution is 0.0489. The zero-order valence-electron chi connectivity index (χ0n) is 9.79. The van der Waals surface area contributed by atoms with Gasteiger partial charge in [-0.1, -0.05) is 0 Å². The minimum atomic E-state index is -0.479. The number of carbonyl (C=O) groups is 1. The van der Waals surface area contributed by atoms with E-state index in [0.717, 1.165) is 0 Å². The summed E-state index contributed by atoms with van der Waals surface area (Å²) >= 11 is 0. The van der Waals surface area contributed by atoms with Crippen molar-refractivity contribution in [1.29, 1.82) is 5.41 Å². The molecule has 0 aromatic rings.